The molecule has 1 aliphatic carbocycles. The van der Waals surface area contributed by atoms with Gasteiger partial charge in [-0.25, -0.2) is 0 Å². The molecule has 0 spiro atoms. The lowest BCUT2D eigenvalue weighted by molar-refractivity contribution is -0.122. The van der Waals surface area contributed by atoms with Crippen LogP contribution >= 0.6 is 0 Å². The molecule has 1 saturated carbocycles. The second-order valence-corrected chi connectivity index (χ2v) is 5.33. The molecule has 1 fully saturated rings. The highest BCUT2D eigenvalue weighted by atomic mass is 16.3. The molecule has 1 aliphatic rings. The van der Waals surface area contributed by atoms with Gasteiger partial charge in [0.2, 0.25) is 5.91 Å². The molecule has 114 valence electrons. The van der Waals surface area contributed by atoms with Gasteiger partial charge in [0.15, 0.2) is 0 Å². The number of nitrogens with two attached hydrogens (primary N) is 1. The van der Waals surface area contributed by atoms with Crippen molar-refractivity contribution in [1.82, 2.24) is 10.6 Å². The van der Waals surface area contributed by atoms with E-state index < -0.39 is 6.10 Å². The number of nitrogen functional groups attached to an aromatic ring is 1. The normalized spacial score (nSPS) is 21.6. The number of carbonyl (C=O) groups excluding carboxylic acids is 2. The predicted octanol–water partition coefficient (Wildman–Crippen LogP) is 0.418. The zero-order valence-electron chi connectivity index (χ0n) is 11.8. The van der Waals surface area contributed by atoms with Crippen LogP contribution in [0.1, 0.15) is 36.0 Å². The smallest absolute Gasteiger partial charge is 0.251 e. The molecule has 0 aliphatic heterocycles. The van der Waals surface area contributed by atoms with E-state index in [9.17, 15) is 14.7 Å². The zero-order chi connectivity index (χ0) is 15.2. The number of aliphatic hydroxyl groups is 1. The highest BCUT2D eigenvalue weighted by molar-refractivity contribution is 5.96. The minimum atomic E-state index is -0.490. The third-order valence-electron chi connectivity index (χ3n) is 3.66. The summed E-state index contributed by atoms with van der Waals surface area (Å²) in [4.78, 5) is 23.6. The van der Waals surface area contributed by atoms with E-state index in [0.717, 1.165) is 19.3 Å². The molecule has 0 aromatic heterocycles. The molecule has 6 nitrogen and oxygen atoms in total. The second kappa shape index (κ2) is 7.08. The van der Waals surface area contributed by atoms with Crippen molar-refractivity contribution in [2.45, 2.75) is 37.8 Å². The number of rotatable bonds is 4. The van der Waals surface area contributed by atoms with Crippen molar-refractivity contribution in [2.75, 3.05) is 12.3 Å². The average molecular weight is 291 g/mol. The lowest BCUT2D eigenvalue weighted by atomic mass is 9.92. The van der Waals surface area contributed by atoms with Crippen molar-refractivity contribution in [1.29, 1.82) is 0 Å². The molecule has 0 unspecified atom stereocenters. The summed E-state index contributed by atoms with van der Waals surface area (Å²) in [5.74, 6) is -0.612. The molecule has 0 saturated heterocycles. The molecule has 2 atom stereocenters. The molecule has 0 heterocycles. The van der Waals surface area contributed by atoms with Crippen LogP contribution in [-0.4, -0.2) is 35.6 Å². The predicted molar refractivity (Wildman–Crippen MR) is 79.6 cm³/mol. The van der Waals surface area contributed by atoms with Gasteiger partial charge in [0, 0.05) is 11.3 Å². The van der Waals surface area contributed by atoms with Gasteiger partial charge in [-0.15, -0.1) is 0 Å². The Morgan fingerprint density at radius 3 is 2.52 bits per heavy atom. The SMILES string of the molecule is Nc1ccc(C(=O)NCC(=O)N[C@H]2CCCC[C@@H]2O)cc1. The van der Waals surface area contributed by atoms with Gasteiger partial charge >= 0.3 is 0 Å². The minimum absolute atomic E-state index is 0.105. The highest BCUT2D eigenvalue weighted by Gasteiger charge is 2.24. The summed E-state index contributed by atoms with van der Waals surface area (Å²) in [5.41, 5.74) is 6.58. The minimum Gasteiger partial charge on any atom is -0.399 e. The largest absolute Gasteiger partial charge is 0.399 e. The lowest BCUT2D eigenvalue weighted by Gasteiger charge is -2.28. The first-order valence-corrected chi connectivity index (χ1v) is 7.17. The Labute approximate surface area is 123 Å². The van der Waals surface area contributed by atoms with E-state index in [-0.39, 0.29) is 24.4 Å². The van der Waals surface area contributed by atoms with Gasteiger partial charge in [0.05, 0.1) is 18.7 Å². The van der Waals surface area contributed by atoms with Crippen molar-refractivity contribution in [3.05, 3.63) is 29.8 Å². The number of anilines is 1. The number of hydrogen-bond acceptors (Lipinski definition) is 4. The van der Waals surface area contributed by atoms with Crippen LogP contribution in [0.15, 0.2) is 24.3 Å². The molecular formula is C15H21N3O3. The van der Waals surface area contributed by atoms with E-state index in [2.05, 4.69) is 10.6 Å². The second-order valence-electron chi connectivity index (χ2n) is 5.33. The first-order chi connectivity index (χ1) is 10.1. The summed E-state index contributed by atoms with van der Waals surface area (Å²) in [7, 11) is 0. The van der Waals surface area contributed by atoms with Gasteiger partial charge < -0.3 is 21.5 Å². The van der Waals surface area contributed by atoms with Gasteiger partial charge in [0.25, 0.3) is 5.91 Å². The fraction of sp³-hybridized carbons (Fsp3) is 0.467. The fourth-order valence-electron chi connectivity index (χ4n) is 2.43. The molecular weight excluding hydrogens is 270 g/mol. The number of aliphatic hydroxyl groups excluding tert-OH is 1. The Hall–Kier alpha value is -2.08. The van der Waals surface area contributed by atoms with Crippen LogP contribution in [0.5, 0.6) is 0 Å². The fourth-order valence-corrected chi connectivity index (χ4v) is 2.43. The lowest BCUT2D eigenvalue weighted by Crippen LogP contribution is -2.48. The zero-order valence-corrected chi connectivity index (χ0v) is 11.8. The topological polar surface area (TPSA) is 104 Å². The summed E-state index contributed by atoms with van der Waals surface area (Å²) in [6.45, 7) is -0.105. The molecule has 2 rings (SSSR count). The Kier molecular flexibility index (Phi) is 5.16. The summed E-state index contributed by atoms with van der Waals surface area (Å²) in [6.07, 6.45) is 2.98. The van der Waals surface area contributed by atoms with Crippen LogP contribution in [0.4, 0.5) is 5.69 Å². The Morgan fingerprint density at radius 2 is 1.86 bits per heavy atom. The summed E-state index contributed by atoms with van der Waals surface area (Å²) >= 11 is 0. The standard InChI is InChI=1S/C15H21N3O3/c16-11-7-5-10(6-8-11)15(21)17-9-14(20)18-12-3-1-2-4-13(12)19/h5-8,12-13,19H,1-4,9,16H2,(H,17,21)(H,18,20)/t12-,13-/m0/s1. The van der Waals surface area contributed by atoms with Crippen LogP contribution < -0.4 is 16.4 Å². The van der Waals surface area contributed by atoms with Gasteiger partial charge in [0.1, 0.15) is 0 Å². The Bertz CT molecular complexity index is 501. The van der Waals surface area contributed by atoms with Gasteiger partial charge in [-0.05, 0) is 37.1 Å². The maximum absolute atomic E-state index is 11.8. The number of nitrogens with one attached hydrogen (secondary N) is 2. The van der Waals surface area contributed by atoms with E-state index in [1.165, 1.54) is 0 Å². The number of amides is 2. The number of carbonyl (C=O) groups is 2. The van der Waals surface area contributed by atoms with Gasteiger partial charge in [-0.2, -0.15) is 0 Å². The molecule has 21 heavy (non-hydrogen) atoms. The number of hydrogen-bond donors (Lipinski definition) is 4. The quantitative estimate of drug-likeness (QED) is 0.603. The van der Waals surface area contributed by atoms with Crippen LogP contribution in [-0.2, 0) is 4.79 Å². The highest BCUT2D eigenvalue weighted by Crippen LogP contribution is 2.18. The third kappa shape index (κ3) is 4.46. The number of benzene rings is 1. The molecule has 5 N–H and O–H groups in total. The van der Waals surface area contributed by atoms with Crippen molar-refractivity contribution in [2.24, 2.45) is 0 Å². The van der Waals surface area contributed by atoms with Crippen LogP contribution in [0.3, 0.4) is 0 Å². The van der Waals surface area contributed by atoms with Crippen LogP contribution in [0.2, 0.25) is 0 Å². The first kappa shape index (κ1) is 15.3. The van der Waals surface area contributed by atoms with E-state index >= 15 is 0 Å². The van der Waals surface area contributed by atoms with Crippen LogP contribution in [0, 0.1) is 0 Å². The Balaban J connectivity index is 1.78. The van der Waals surface area contributed by atoms with Crippen molar-refractivity contribution in [3.8, 4) is 0 Å². The Morgan fingerprint density at radius 1 is 1.19 bits per heavy atom. The van der Waals surface area contributed by atoms with E-state index in [4.69, 9.17) is 5.73 Å². The van der Waals surface area contributed by atoms with E-state index in [0.29, 0.717) is 17.7 Å². The van der Waals surface area contributed by atoms with E-state index in [1.54, 1.807) is 24.3 Å². The van der Waals surface area contributed by atoms with Crippen molar-refractivity contribution >= 4 is 17.5 Å². The molecule has 1 aromatic rings. The monoisotopic (exact) mass is 291 g/mol. The molecule has 0 radical (unpaired) electrons. The summed E-state index contributed by atoms with van der Waals surface area (Å²) in [5, 5.41) is 15.1. The maximum Gasteiger partial charge on any atom is 0.251 e. The van der Waals surface area contributed by atoms with E-state index in [1.807, 2.05) is 0 Å². The van der Waals surface area contributed by atoms with Crippen molar-refractivity contribution in [3.63, 3.8) is 0 Å². The van der Waals surface area contributed by atoms with Crippen LogP contribution in [0.25, 0.3) is 0 Å². The summed E-state index contributed by atoms with van der Waals surface area (Å²) < 4.78 is 0. The first-order valence-electron chi connectivity index (χ1n) is 7.17. The van der Waals surface area contributed by atoms with Gasteiger partial charge in [-0.1, -0.05) is 12.8 Å². The van der Waals surface area contributed by atoms with Gasteiger partial charge in [-0.3, -0.25) is 9.59 Å². The third-order valence-corrected chi connectivity index (χ3v) is 3.66. The molecule has 6 heteroatoms. The van der Waals surface area contributed by atoms with Crippen molar-refractivity contribution < 1.29 is 14.7 Å². The summed E-state index contributed by atoms with van der Waals surface area (Å²) in [6, 6.07) is 6.27. The molecule has 0 bridgehead atoms. The maximum atomic E-state index is 11.8. The molecule has 1 aromatic carbocycles. The average Bonchev–Trinajstić information content (AvgIpc) is 2.48. The molecule has 2 amide bonds.